The van der Waals surface area contributed by atoms with Gasteiger partial charge in [0.05, 0.1) is 5.60 Å². The number of anilines is 2. The van der Waals surface area contributed by atoms with Crippen molar-refractivity contribution in [3.8, 4) is 0 Å². The molecule has 100 valence electrons. The van der Waals surface area contributed by atoms with E-state index in [1.807, 2.05) is 0 Å². The largest absolute Gasteiger partial charge is 0.388 e. The Labute approximate surface area is 104 Å². The Bertz CT molecular complexity index is 447. The van der Waals surface area contributed by atoms with Crippen LogP contribution in [0.1, 0.15) is 25.7 Å². The van der Waals surface area contributed by atoms with Crippen molar-refractivity contribution in [1.29, 1.82) is 0 Å². The first-order valence-electron chi connectivity index (χ1n) is 5.96. The van der Waals surface area contributed by atoms with Crippen molar-refractivity contribution in [3.05, 3.63) is 17.7 Å². The maximum absolute atomic E-state index is 13.6. The average Bonchev–Trinajstić information content (AvgIpc) is 2.70. The first-order valence-corrected chi connectivity index (χ1v) is 5.96. The standard InChI is InChI=1S/C12H17F2N3O/c1-17(7-12(18)4-2-3-5-12)11-9(14)6-8(13)10(15)16-11/h6,18H,2-5,7H2,1H3,(H2,15,16). The Morgan fingerprint density at radius 1 is 1.39 bits per heavy atom. The predicted octanol–water partition coefficient (Wildman–Crippen LogP) is 1.68. The molecule has 0 radical (unpaired) electrons. The molecule has 0 unspecified atom stereocenters. The van der Waals surface area contributed by atoms with Crippen molar-refractivity contribution in [2.75, 3.05) is 24.2 Å². The van der Waals surface area contributed by atoms with Gasteiger partial charge in [0.25, 0.3) is 0 Å². The molecule has 1 fully saturated rings. The molecule has 0 saturated heterocycles. The highest BCUT2D eigenvalue weighted by Crippen LogP contribution is 2.31. The van der Waals surface area contributed by atoms with Gasteiger partial charge in [0.1, 0.15) is 0 Å². The van der Waals surface area contributed by atoms with Crippen molar-refractivity contribution in [1.82, 2.24) is 4.98 Å². The predicted molar refractivity (Wildman–Crippen MR) is 65.3 cm³/mol. The van der Waals surface area contributed by atoms with E-state index >= 15 is 0 Å². The molecule has 0 atom stereocenters. The van der Waals surface area contributed by atoms with Crippen molar-refractivity contribution in [3.63, 3.8) is 0 Å². The zero-order chi connectivity index (χ0) is 13.3. The highest BCUT2D eigenvalue weighted by molar-refractivity contribution is 5.46. The Morgan fingerprint density at radius 3 is 2.61 bits per heavy atom. The van der Waals surface area contributed by atoms with Crippen LogP contribution in [0.3, 0.4) is 0 Å². The molecule has 0 aromatic carbocycles. The van der Waals surface area contributed by atoms with Crippen LogP contribution in [-0.4, -0.2) is 29.3 Å². The summed E-state index contributed by atoms with van der Waals surface area (Å²) in [6.07, 6.45) is 3.31. The van der Waals surface area contributed by atoms with Crippen molar-refractivity contribution < 1.29 is 13.9 Å². The van der Waals surface area contributed by atoms with Crippen LogP contribution in [0.25, 0.3) is 0 Å². The first-order chi connectivity index (χ1) is 8.41. The fourth-order valence-corrected chi connectivity index (χ4v) is 2.45. The number of nitrogens with zero attached hydrogens (tertiary/aromatic N) is 2. The Kier molecular flexibility index (Phi) is 3.38. The molecule has 3 N–H and O–H groups in total. The Hall–Kier alpha value is -1.43. The average molecular weight is 257 g/mol. The highest BCUT2D eigenvalue weighted by Gasteiger charge is 2.33. The van der Waals surface area contributed by atoms with Crippen LogP contribution in [-0.2, 0) is 0 Å². The lowest BCUT2D eigenvalue weighted by molar-refractivity contribution is 0.0557. The van der Waals surface area contributed by atoms with E-state index in [1.54, 1.807) is 7.05 Å². The minimum absolute atomic E-state index is 0.0331. The molecule has 0 amide bonds. The minimum atomic E-state index is -0.871. The summed E-state index contributed by atoms with van der Waals surface area (Å²) in [5.41, 5.74) is 4.51. The number of nitrogen functional groups attached to an aromatic ring is 1. The van der Waals surface area contributed by atoms with Crippen LogP contribution in [0, 0.1) is 11.6 Å². The monoisotopic (exact) mass is 257 g/mol. The molecule has 0 aliphatic heterocycles. The van der Waals surface area contributed by atoms with E-state index in [0.29, 0.717) is 18.9 Å². The van der Waals surface area contributed by atoms with E-state index in [0.717, 1.165) is 12.8 Å². The summed E-state index contributed by atoms with van der Waals surface area (Å²) in [4.78, 5) is 5.17. The van der Waals surface area contributed by atoms with Gasteiger partial charge in [0.15, 0.2) is 23.3 Å². The van der Waals surface area contributed by atoms with Gasteiger partial charge in [-0.2, -0.15) is 0 Å². The molecular weight excluding hydrogens is 240 g/mol. The second-order valence-electron chi connectivity index (χ2n) is 4.95. The maximum Gasteiger partial charge on any atom is 0.168 e. The van der Waals surface area contributed by atoms with E-state index in [1.165, 1.54) is 4.90 Å². The summed E-state index contributed by atoms with van der Waals surface area (Å²) in [6, 6.07) is 0.715. The zero-order valence-corrected chi connectivity index (χ0v) is 10.3. The molecule has 1 aromatic rings. The van der Waals surface area contributed by atoms with Gasteiger partial charge < -0.3 is 15.7 Å². The first kappa shape index (κ1) is 13.0. The van der Waals surface area contributed by atoms with Gasteiger partial charge in [-0.3, -0.25) is 0 Å². The molecule has 1 aliphatic carbocycles. The van der Waals surface area contributed by atoms with Crippen LogP contribution >= 0.6 is 0 Å². The van der Waals surface area contributed by atoms with E-state index in [2.05, 4.69) is 4.98 Å². The quantitative estimate of drug-likeness (QED) is 0.865. The molecular formula is C12H17F2N3O. The van der Waals surface area contributed by atoms with Crippen LogP contribution < -0.4 is 10.6 Å². The lowest BCUT2D eigenvalue weighted by atomic mass is 10.0. The molecule has 0 bridgehead atoms. The van der Waals surface area contributed by atoms with Gasteiger partial charge >= 0.3 is 0 Å². The number of pyridine rings is 1. The molecule has 1 aromatic heterocycles. The van der Waals surface area contributed by atoms with Crippen molar-refractivity contribution in [2.24, 2.45) is 0 Å². The second kappa shape index (κ2) is 4.68. The van der Waals surface area contributed by atoms with Crippen LogP contribution in [0.5, 0.6) is 0 Å². The van der Waals surface area contributed by atoms with Crippen molar-refractivity contribution in [2.45, 2.75) is 31.3 Å². The highest BCUT2D eigenvalue weighted by atomic mass is 19.1. The van der Waals surface area contributed by atoms with Gasteiger partial charge in [0, 0.05) is 19.7 Å². The summed E-state index contributed by atoms with van der Waals surface area (Å²) >= 11 is 0. The van der Waals surface area contributed by atoms with Crippen molar-refractivity contribution >= 4 is 11.6 Å². The number of hydrogen-bond acceptors (Lipinski definition) is 4. The lowest BCUT2D eigenvalue weighted by Crippen LogP contribution is -2.40. The summed E-state index contributed by atoms with van der Waals surface area (Å²) in [7, 11) is 1.61. The molecule has 1 saturated carbocycles. The number of halogens is 2. The summed E-state index contributed by atoms with van der Waals surface area (Å²) in [5.74, 6) is -2.01. The Morgan fingerprint density at radius 2 is 2.00 bits per heavy atom. The summed E-state index contributed by atoms with van der Waals surface area (Å²) in [6.45, 7) is 0.266. The fraction of sp³-hybridized carbons (Fsp3) is 0.583. The topological polar surface area (TPSA) is 62.4 Å². The van der Waals surface area contributed by atoms with E-state index in [9.17, 15) is 13.9 Å². The molecule has 6 heteroatoms. The van der Waals surface area contributed by atoms with Crippen LogP contribution in [0.4, 0.5) is 20.4 Å². The smallest absolute Gasteiger partial charge is 0.168 e. The molecule has 0 spiro atoms. The zero-order valence-electron chi connectivity index (χ0n) is 10.3. The van der Waals surface area contributed by atoms with Gasteiger partial charge in [-0.1, -0.05) is 12.8 Å². The molecule has 4 nitrogen and oxygen atoms in total. The van der Waals surface area contributed by atoms with Gasteiger partial charge in [0.2, 0.25) is 0 Å². The normalized spacial score (nSPS) is 18.0. The summed E-state index contributed by atoms with van der Waals surface area (Å²) in [5, 5.41) is 10.2. The number of hydrogen-bond donors (Lipinski definition) is 2. The minimum Gasteiger partial charge on any atom is -0.388 e. The number of nitrogens with two attached hydrogens (primary N) is 1. The van der Waals surface area contributed by atoms with Crippen LogP contribution in [0.2, 0.25) is 0 Å². The molecule has 2 rings (SSSR count). The third-order valence-corrected chi connectivity index (χ3v) is 3.37. The number of aliphatic hydroxyl groups is 1. The third-order valence-electron chi connectivity index (χ3n) is 3.37. The number of aromatic nitrogens is 1. The SMILES string of the molecule is CN(CC1(O)CCCC1)c1nc(N)c(F)cc1F. The van der Waals surface area contributed by atoms with Gasteiger partial charge in [-0.25, -0.2) is 13.8 Å². The number of likely N-dealkylation sites (N-methyl/N-ethyl adjacent to an activating group) is 1. The maximum atomic E-state index is 13.6. The third kappa shape index (κ3) is 2.53. The molecule has 1 aliphatic rings. The number of rotatable bonds is 3. The Balaban J connectivity index is 2.18. The van der Waals surface area contributed by atoms with Gasteiger partial charge in [-0.05, 0) is 12.8 Å². The fourth-order valence-electron chi connectivity index (χ4n) is 2.45. The molecule has 18 heavy (non-hydrogen) atoms. The van der Waals surface area contributed by atoms with E-state index < -0.39 is 17.2 Å². The van der Waals surface area contributed by atoms with E-state index in [-0.39, 0.29) is 18.2 Å². The van der Waals surface area contributed by atoms with E-state index in [4.69, 9.17) is 5.73 Å². The lowest BCUT2D eigenvalue weighted by Gasteiger charge is -2.29. The molecule has 1 heterocycles. The van der Waals surface area contributed by atoms with Crippen LogP contribution in [0.15, 0.2) is 6.07 Å². The van der Waals surface area contributed by atoms with Gasteiger partial charge in [-0.15, -0.1) is 0 Å². The summed E-state index contributed by atoms with van der Waals surface area (Å²) < 4.78 is 26.6. The second-order valence-corrected chi connectivity index (χ2v) is 4.95.